The summed E-state index contributed by atoms with van der Waals surface area (Å²) >= 11 is 0. The number of aryl methyl sites for hydroxylation is 4. The molecule has 0 bridgehead atoms. The first-order valence-corrected chi connectivity index (χ1v) is 9.32. The minimum atomic E-state index is -0.376. The second-order valence-electron chi connectivity index (χ2n) is 7.56. The number of hydrogen-bond acceptors (Lipinski definition) is 4. The smallest absolute Gasteiger partial charge is 0.336 e. The molecule has 1 N–H and O–H groups in total. The van der Waals surface area contributed by atoms with Crippen LogP contribution in [0.2, 0.25) is 0 Å². The molecule has 0 unspecified atom stereocenters. The number of carbonyl (C=O) groups is 1. The maximum absolute atomic E-state index is 12.5. The fourth-order valence-corrected chi connectivity index (χ4v) is 3.27. The van der Waals surface area contributed by atoms with E-state index in [0.717, 1.165) is 38.9 Å². The number of amides is 1. The molecule has 0 radical (unpaired) electrons. The zero-order chi connectivity index (χ0) is 20.4. The quantitative estimate of drug-likeness (QED) is 0.679. The van der Waals surface area contributed by atoms with Gasteiger partial charge in [0.25, 0.3) is 0 Å². The maximum Gasteiger partial charge on any atom is 0.336 e. The summed E-state index contributed by atoms with van der Waals surface area (Å²) in [7, 11) is 1.87. The Kier molecular flexibility index (Phi) is 5.66. The van der Waals surface area contributed by atoms with E-state index in [-0.39, 0.29) is 18.1 Å². The van der Waals surface area contributed by atoms with Crippen LogP contribution in [-0.4, -0.2) is 24.4 Å². The van der Waals surface area contributed by atoms with Crippen molar-refractivity contribution in [2.75, 3.05) is 18.9 Å². The average Bonchev–Trinajstić information content (AvgIpc) is 2.59. The van der Waals surface area contributed by atoms with Crippen molar-refractivity contribution >= 4 is 22.6 Å². The van der Waals surface area contributed by atoms with Gasteiger partial charge in [0.2, 0.25) is 5.91 Å². The van der Waals surface area contributed by atoms with Crippen molar-refractivity contribution in [3.05, 3.63) is 74.6 Å². The van der Waals surface area contributed by atoms with Gasteiger partial charge in [0, 0.05) is 23.7 Å². The minimum Gasteiger partial charge on any atom is -0.423 e. The lowest BCUT2D eigenvalue weighted by Crippen LogP contribution is -2.30. The van der Waals surface area contributed by atoms with Gasteiger partial charge in [-0.15, -0.1) is 0 Å². The molecule has 3 rings (SSSR count). The monoisotopic (exact) mass is 378 g/mol. The molecule has 3 aromatic rings. The molecule has 1 heterocycles. The SMILES string of the molecule is Cc1ccc(C)c(NC(=O)CN(C)Cc2cc(=O)oc3cc(C)c(C)cc23)c1. The Hall–Kier alpha value is -2.92. The Labute approximate surface area is 165 Å². The molecule has 1 aromatic heterocycles. The van der Waals surface area contributed by atoms with Crippen molar-refractivity contribution in [1.29, 1.82) is 0 Å². The predicted octanol–water partition coefficient (Wildman–Crippen LogP) is 4.10. The Morgan fingerprint density at radius 1 is 1.00 bits per heavy atom. The van der Waals surface area contributed by atoms with E-state index in [4.69, 9.17) is 4.42 Å². The van der Waals surface area contributed by atoms with Gasteiger partial charge in [-0.25, -0.2) is 4.79 Å². The van der Waals surface area contributed by atoms with Crippen molar-refractivity contribution in [3.8, 4) is 0 Å². The Balaban J connectivity index is 1.76. The van der Waals surface area contributed by atoms with Crippen LogP contribution in [-0.2, 0) is 11.3 Å². The molecule has 5 nitrogen and oxygen atoms in total. The third kappa shape index (κ3) is 4.49. The lowest BCUT2D eigenvalue weighted by atomic mass is 10.0. The predicted molar refractivity (Wildman–Crippen MR) is 113 cm³/mol. The van der Waals surface area contributed by atoms with Gasteiger partial charge in [-0.2, -0.15) is 0 Å². The van der Waals surface area contributed by atoms with Gasteiger partial charge >= 0.3 is 5.63 Å². The van der Waals surface area contributed by atoms with Crippen molar-refractivity contribution in [2.45, 2.75) is 34.2 Å². The lowest BCUT2D eigenvalue weighted by molar-refractivity contribution is -0.117. The van der Waals surface area contributed by atoms with E-state index in [1.165, 1.54) is 6.07 Å². The minimum absolute atomic E-state index is 0.0875. The number of anilines is 1. The first kappa shape index (κ1) is 19.8. The largest absolute Gasteiger partial charge is 0.423 e. The fraction of sp³-hybridized carbons (Fsp3) is 0.304. The molecule has 0 aliphatic heterocycles. The number of hydrogen-bond donors (Lipinski definition) is 1. The maximum atomic E-state index is 12.5. The van der Waals surface area contributed by atoms with Gasteiger partial charge in [0.05, 0.1) is 6.54 Å². The molecule has 0 saturated carbocycles. The summed E-state index contributed by atoms with van der Waals surface area (Å²) in [5, 5.41) is 3.88. The van der Waals surface area contributed by atoms with Crippen LogP contribution in [0.25, 0.3) is 11.0 Å². The number of carbonyl (C=O) groups excluding carboxylic acids is 1. The molecule has 28 heavy (non-hydrogen) atoms. The van der Waals surface area contributed by atoms with E-state index in [9.17, 15) is 9.59 Å². The Bertz CT molecular complexity index is 1100. The number of fused-ring (bicyclic) bond motifs is 1. The van der Waals surface area contributed by atoms with Crippen LogP contribution >= 0.6 is 0 Å². The standard InChI is InChI=1S/C23H26N2O3/c1-14-6-7-15(2)20(8-14)24-22(26)13-25(5)12-18-11-23(27)28-21-10-17(4)16(3)9-19(18)21/h6-11H,12-13H2,1-5H3,(H,24,26). The van der Waals surface area contributed by atoms with Gasteiger partial charge in [-0.1, -0.05) is 12.1 Å². The molecule has 0 aliphatic carbocycles. The normalized spacial score (nSPS) is 11.2. The van der Waals surface area contributed by atoms with Crippen molar-refractivity contribution in [3.63, 3.8) is 0 Å². The van der Waals surface area contributed by atoms with Crippen molar-refractivity contribution in [2.24, 2.45) is 0 Å². The molecule has 5 heteroatoms. The molecular weight excluding hydrogens is 352 g/mol. The highest BCUT2D eigenvalue weighted by Gasteiger charge is 2.13. The summed E-state index contributed by atoms with van der Waals surface area (Å²) in [5.74, 6) is -0.0875. The van der Waals surface area contributed by atoms with E-state index in [2.05, 4.69) is 5.32 Å². The number of nitrogens with zero attached hydrogens (tertiary/aromatic N) is 1. The highest BCUT2D eigenvalue weighted by molar-refractivity contribution is 5.93. The summed E-state index contributed by atoms with van der Waals surface area (Å²) < 4.78 is 5.35. The highest BCUT2D eigenvalue weighted by Crippen LogP contribution is 2.22. The first-order chi connectivity index (χ1) is 13.2. The second kappa shape index (κ2) is 7.98. The van der Waals surface area contributed by atoms with Gasteiger partial charge in [0.15, 0.2) is 0 Å². The average molecular weight is 378 g/mol. The van der Waals surface area contributed by atoms with Crippen LogP contribution in [0.15, 0.2) is 45.6 Å². The van der Waals surface area contributed by atoms with Gasteiger partial charge < -0.3 is 9.73 Å². The number of likely N-dealkylation sites (N-methyl/N-ethyl adjacent to an activating group) is 1. The zero-order valence-electron chi connectivity index (χ0n) is 17.1. The summed E-state index contributed by atoms with van der Waals surface area (Å²) in [6, 6.07) is 11.4. The molecule has 146 valence electrons. The molecular formula is C23H26N2O3. The third-order valence-electron chi connectivity index (χ3n) is 4.97. The third-order valence-corrected chi connectivity index (χ3v) is 4.97. The first-order valence-electron chi connectivity index (χ1n) is 9.32. The van der Waals surface area contributed by atoms with Crippen LogP contribution in [0.4, 0.5) is 5.69 Å². The van der Waals surface area contributed by atoms with Crippen molar-refractivity contribution < 1.29 is 9.21 Å². The molecule has 0 fully saturated rings. The van der Waals surface area contributed by atoms with Gasteiger partial charge in [0.1, 0.15) is 5.58 Å². The summed E-state index contributed by atoms with van der Waals surface area (Å²) in [5.41, 5.74) is 6.23. The highest BCUT2D eigenvalue weighted by atomic mass is 16.4. The molecule has 0 saturated heterocycles. The van der Waals surface area contributed by atoms with Crippen LogP contribution in [0.1, 0.15) is 27.8 Å². The number of rotatable bonds is 5. The summed E-state index contributed by atoms with van der Waals surface area (Å²) in [4.78, 5) is 26.3. The van der Waals surface area contributed by atoms with E-state index in [1.54, 1.807) is 0 Å². The van der Waals surface area contributed by atoms with Gasteiger partial charge in [-0.3, -0.25) is 9.69 Å². The van der Waals surface area contributed by atoms with Crippen LogP contribution in [0, 0.1) is 27.7 Å². The van der Waals surface area contributed by atoms with E-state index in [1.807, 2.05) is 70.0 Å². The van der Waals surface area contributed by atoms with Crippen molar-refractivity contribution in [1.82, 2.24) is 4.90 Å². The molecule has 0 atom stereocenters. The summed E-state index contributed by atoms with van der Waals surface area (Å²) in [6.07, 6.45) is 0. The lowest BCUT2D eigenvalue weighted by Gasteiger charge is -2.18. The molecule has 0 aliphatic rings. The van der Waals surface area contributed by atoms with E-state index < -0.39 is 0 Å². The van der Waals surface area contributed by atoms with Gasteiger partial charge in [-0.05, 0) is 80.8 Å². The van der Waals surface area contributed by atoms with Crippen LogP contribution in [0.3, 0.4) is 0 Å². The second-order valence-corrected chi connectivity index (χ2v) is 7.56. The zero-order valence-corrected chi connectivity index (χ0v) is 17.1. The number of nitrogens with one attached hydrogen (secondary N) is 1. The number of benzene rings is 2. The Morgan fingerprint density at radius 2 is 1.71 bits per heavy atom. The van der Waals surface area contributed by atoms with Crippen LogP contribution < -0.4 is 10.9 Å². The fourth-order valence-electron chi connectivity index (χ4n) is 3.27. The summed E-state index contributed by atoms with van der Waals surface area (Å²) in [6.45, 7) is 8.69. The molecule has 1 amide bonds. The van der Waals surface area contributed by atoms with E-state index >= 15 is 0 Å². The molecule has 2 aromatic carbocycles. The van der Waals surface area contributed by atoms with E-state index in [0.29, 0.717) is 12.1 Å². The van der Waals surface area contributed by atoms with Crippen LogP contribution in [0.5, 0.6) is 0 Å². The topological polar surface area (TPSA) is 62.6 Å². The Morgan fingerprint density at radius 3 is 2.46 bits per heavy atom. The molecule has 0 spiro atoms.